The molecule has 2 saturated carbocycles. The Morgan fingerprint density at radius 2 is 2.14 bits per heavy atom. The van der Waals surface area contributed by atoms with Gasteiger partial charge in [0.05, 0.1) is 23.9 Å². The second kappa shape index (κ2) is 6.77. The van der Waals surface area contributed by atoms with Crippen molar-refractivity contribution in [2.75, 3.05) is 19.0 Å². The molecule has 1 aromatic carbocycles. The van der Waals surface area contributed by atoms with Crippen LogP contribution in [-0.2, 0) is 23.9 Å². The third kappa shape index (κ3) is 2.94. The van der Waals surface area contributed by atoms with Gasteiger partial charge in [0.1, 0.15) is 17.5 Å². The number of nitrogens with one attached hydrogen (secondary N) is 1. The molecule has 0 radical (unpaired) electrons. The first-order chi connectivity index (χ1) is 13.4. The van der Waals surface area contributed by atoms with Crippen molar-refractivity contribution in [3.05, 3.63) is 28.3 Å². The molecule has 2 bridgehead atoms. The molecule has 1 amide bonds. The lowest BCUT2D eigenvalue weighted by atomic mass is 9.80. The van der Waals surface area contributed by atoms with Gasteiger partial charge in [0.25, 0.3) is 11.6 Å². The van der Waals surface area contributed by atoms with Crippen molar-refractivity contribution >= 4 is 29.2 Å². The number of fused-ring (bicyclic) bond motifs is 1. The highest BCUT2D eigenvalue weighted by molar-refractivity contribution is 5.95. The summed E-state index contributed by atoms with van der Waals surface area (Å²) in [6.07, 6.45) is 1.31. The number of nitro groups is 1. The molecule has 148 valence electrons. The molecule has 4 rings (SSSR count). The molecule has 10 heteroatoms. The maximum Gasteiger partial charge on any atom is 0.310 e. The average molecular weight is 390 g/mol. The highest BCUT2D eigenvalue weighted by Gasteiger charge is 2.64. The Labute approximate surface area is 159 Å². The van der Waals surface area contributed by atoms with Gasteiger partial charge in [0, 0.05) is 18.1 Å². The van der Waals surface area contributed by atoms with E-state index >= 15 is 0 Å². The Bertz CT molecular complexity index is 867. The van der Waals surface area contributed by atoms with Crippen molar-refractivity contribution < 1.29 is 33.5 Å². The molecule has 1 N–H and O–H groups in total. The standard InChI is InChI=1S/C18H18N2O8/c1-26-9-2-3-12(20(24)25)11(6-9)19-14(21)7-27-17(22)15-8-4-10-13(5-8)28-18(23)16(10)15/h2-3,6,8,10,13,15-16H,4-5,7H2,1H3,(H,19,21)/t8-,10-,13-,15-,16+/m1/s1. The maximum absolute atomic E-state index is 12.5. The van der Waals surface area contributed by atoms with Crippen molar-refractivity contribution in [2.24, 2.45) is 23.7 Å². The van der Waals surface area contributed by atoms with E-state index in [9.17, 15) is 24.5 Å². The van der Waals surface area contributed by atoms with Gasteiger partial charge in [0.15, 0.2) is 6.61 Å². The van der Waals surface area contributed by atoms with Crippen LogP contribution in [0.1, 0.15) is 12.8 Å². The van der Waals surface area contributed by atoms with E-state index in [1.54, 1.807) is 0 Å². The zero-order valence-electron chi connectivity index (χ0n) is 15.0. The Balaban J connectivity index is 1.38. The predicted molar refractivity (Wildman–Crippen MR) is 92.3 cm³/mol. The van der Waals surface area contributed by atoms with Crippen LogP contribution in [0.25, 0.3) is 0 Å². The van der Waals surface area contributed by atoms with E-state index in [0.717, 1.165) is 6.42 Å². The number of esters is 2. The van der Waals surface area contributed by atoms with Gasteiger partial charge in [-0.3, -0.25) is 24.5 Å². The molecule has 1 aromatic rings. The summed E-state index contributed by atoms with van der Waals surface area (Å²) in [4.78, 5) is 47.0. The normalized spacial score (nSPS) is 29.3. The van der Waals surface area contributed by atoms with E-state index in [1.165, 1.54) is 25.3 Å². The number of methoxy groups -OCH3 is 1. The summed E-state index contributed by atoms with van der Waals surface area (Å²) in [6, 6.07) is 3.91. The van der Waals surface area contributed by atoms with Crippen molar-refractivity contribution in [3.63, 3.8) is 0 Å². The van der Waals surface area contributed by atoms with Gasteiger partial charge in [0.2, 0.25) is 0 Å². The van der Waals surface area contributed by atoms with Crippen LogP contribution in [0.4, 0.5) is 11.4 Å². The Morgan fingerprint density at radius 3 is 2.86 bits per heavy atom. The molecule has 1 heterocycles. The fraction of sp³-hybridized carbons (Fsp3) is 0.500. The molecule has 1 aliphatic heterocycles. The first-order valence-electron chi connectivity index (χ1n) is 8.88. The minimum Gasteiger partial charge on any atom is -0.497 e. The molecule has 2 aliphatic carbocycles. The number of hydrogen-bond donors (Lipinski definition) is 1. The number of amides is 1. The highest BCUT2D eigenvalue weighted by atomic mass is 16.6. The molecule has 28 heavy (non-hydrogen) atoms. The summed E-state index contributed by atoms with van der Waals surface area (Å²) in [7, 11) is 1.39. The van der Waals surface area contributed by atoms with Gasteiger partial charge >= 0.3 is 11.9 Å². The predicted octanol–water partition coefficient (Wildman–Crippen LogP) is 1.28. The maximum atomic E-state index is 12.5. The van der Waals surface area contributed by atoms with Crippen molar-refractivity contribution in [1.82, 2.24) is 0 Å². The fourth-order valence-electron chi connectivity index (χ4n) is 4.65. The number of nitrogens with zero attached hydrogens (tertiary/aromatic N) is 1. The van der Waals surface area contributed by atoms with Crippen molar-refractivity contribution in [2.45, 2.75) is 18.9 Å². The van der Waals surface area contributed by atoms with Gasteiger partial charge in [-0.2, -0.15) is 0 Å². The summed E-state index contributed by atoms with van der Waals surface area (Å²) in [5.74, 6) is -2.36. The van der Waals surface area contributed by atoms with Crippen molar-refractivity contribution in [3.8, 4) is 5.75 Å². The van der Waals surface area contributed by atoms with Crippen LogP contribution in [0.15, 0.2) is 18.2 Å². The molecule has 3 aliphatic rings. The van der Waals surface area contributed by atoms with Crippen LogP contribution in [0.2, 0.25) is 0 Å². The molecule has 10 nitrogen and oxygen atoms in total. The second-order valence-electron chi connectivity index (χ2n) is 7.22. The van der Waals surface area contributed by atoms with Crippen LogP contribution in [-0.4, -0.2) is 42.6 Å². The van der Waals surface area contributed by atoms with Gasteiger partial charge in [-0.05, 0) is 24.8 Å². The summed E-state index contributed by atoms with van der Waals surface area (Å²) in [5.41, 5.74) is -0.374. The quantitative estimate of drug-likeness (QED) is 0.436. The molecule has 5 atom stereocenters. The topological polar surface area (TPSA) is 134 Å². The highest BCUT2D eigenvalue weighted by Crippen LogP contribution is 2.57. The van der Waals surface area contributed by atoms with Crippen LogP contribution in [0.3, 0.4) is 0 Å². The van der Waals surface area contributed by atoms with Crippen molar-refractivity contribution in [1.29, 1.82) is 0 Å². The summed E-state index contributed by atoms with van der Waals surface area (Å²) in [5, 5.41) is 13.5. The van der Waals surface area contributed by atoms with E-state index in [0.29, 0.717) is 12.2 Å². The van der Waals surface area contributed by atoms with E-state index in [1.807, 2.05) is 0 Å². The minimum atomic E-state index is -0.722. The van der Waals surface area contributed by atoms with Gasteiger partial charge in [-0.1, -0.05) is 0 Å². The molecule has 0 spiro atoms. The van der Waals surface area contributed by atoms with Crippen LogP contribution in [0.5, 0.6) is 5.75 Å². The third-order valence-electron chi connectivity index (χ3n) is 5.78. The zero-order valence-corrected chi connectivity index (χ0v) is 15.0. The SMILES string of the molecule is COc1ccc([N+](=O)[O-])c(NC(=O)COC(=O)[C@@H]2[C@@H]3C[C@H]4[C@@H]2C(=O)O[C@@H]4C3)c1. The molecule has 0 unspecified atom stereocenters. The van der Waals surface area contributed by atoms with E-state index in [4.69, 9.17) is 14.2 Å². The monoisotopic (exact) mass is 390 g/mol. The Kier molecular flexibility index (Phi) is 4.40. The lowest BCUT2D eigenvalue weighted by Gasteiger charge is -2.22. The second-order valence-corrected chi connectivity index (χ2v) is 7.22. The third-order valence-corrected chi connectivity index (χ3v) is 5.78. The molecule has 0 aromatic heterocycles. The van der Waals surface area contributed by atoms with Gasteiger partial charge < -0.3 is 19.5 Å². The lowest BCUT2D eigenvalue weighted by Crippen LogP contribution is -2.35. The van der Waals surface area contributed by atoms with Gasteiger partial charge in [-0.25, -0.2) is 0 Å². The number of benzene rings is 1. The molecular weight excluding hydrogens is 372 g/mol. The van der Waals surface area contributed by atoms with Crippen LogP contribution in [0, 0.1) is 33.8 Å². The number of anilines is 1. The number of carbonyl (C=O) groups is 3. The van der Waals surface area contributed by atoms with Gasteiger partial charge in [-0.15, -0.1) is 0 Å². The first-order valence-corrected chi connectivity index (χ1v) is 8.88. The summed E-state index contributed by atoms with van der Waals surface area (Å²) < 4.78 is 15.4. The number of hydrogen-bond acceptors (Lipinski definition) is 8. The minimum absolute atomic E-state index is 0.0292. The number of rotatable bonds is 6. The van der Waals surface area contributed by atoms with Crippen LogP contribution >= 0.6 is 0 Å². The van der Waals surface area contributed by atoms with E-state index < -0.39 is 35.2 Å². The number of carbonyl (C=O) groups excluding carboxylic acids is 3. The molecular formula is C18H18N2O8. The van der Waals surface area contributed by atoms with E-state index in [2.05, 4.69) is 5.32 Å². The molecule has 3 fully saturated rings. The van der Waals surface area contributed by atoms with Crippen LogP contribution < -0.4 is 10.1 Å². The Morgan fingerprint density at radius 1 is 1.36 bits per heavy atom. The Hall–Kier alpha value is -3.17. The molecule has 1 saturated heterocycles. The fourth-order valence-corrected chi connectivity index (χ4v) is 4.65. The number of ether oxygens (including phenoxy) is 3. The summed E-state index contributed by atoms with van der Waals surface area (Å²) >= 11 is 0. The average Bonchev–Trinajstić information content (AvgIpc) is 3.28. The lowest BCUT2D eigenvalue weighted by molar-refractivity contribution is -0.383. The zero-order chi connectivity index (χ0) is 20.0. The number of nitro benzene ring substituents is 1. The van der Waals surface area contributed by atoms with E-state index in [-0.39, 0.29) is 35.3 Å². The smallest absolute Gasteiger partial charge is 0.310 e. The summed E-state index contributed by atoms with van der Waals surface area (Å²) in [6.45, 7) is -0.605. The first kappa shape index (κ1) is 18.2. The largest absolute Gasteiger partial charge is 0.497 e.